The summed E-state index contributed by atoms with van der Waals surface area (Å²) in [6.07, 6.45) is 6.18. The van der Waals surface area contributed by atoms with Gasteiger partial charge in [-0.2, -0.15) is 4.98 Å². The Labute approximate surface area is 142 Å². The number of hydrogen-bond donors (Lipinski definition) is 2. The van der Waals surface area contributed by atoms with Gasteiger partial charge in [-0.1, -0.05) is 12.1 Å². The minimum atomic E-state index is -0.483. The number of carbonyl (C=O) groups is 1. The number of anilines is 1. The van der Waals surface area contributed by atoms with Crippen molar-refractivity contribution in [1.29, 1.82) is 0 Å². The molecule has 0 aliphatic rings. The molecule has 10 heteroatoms. The molecule has 2 N–H and O–H groups in total. The van der Waals surface area contributed by atoms with Gasteiger partial charge in [0.2, 0.25) is 11.9 Å². The molecule has 0 saturated carbocycles. The van der Waals surface area contributed by atoms with Crippen molar-refractivity contribution in [1.82, 2.24) is 24.7 Å². The van der Waals surface area contributed by atoms with Crippen LogP contribution in [0.15, 0.2) is 43.0 Å². The smallest absolute Gasteiger partial charge is 0.270 e. The van der Waals surface area contributed by atoms with E-state index in [0.29, 0.717) is 30.8 Å². The van der Waals surface area contributed by atoms with E-state index < -0.39 is 4.92 Å². The summed E-state index contributed by atoms with van der Waals surface area (Å²) in [5, 5.41) is 20.0. The summed E-state index contributed by atoms with van der Waals surface area (Å²) in [5.41, 5.74) is 0.473. The molecule has 1 amide bonds. The highest BCUT2D eigenvalue weighted by atomic mass is 16.6. The Morgan fingerprint density at radius 3 is 3.04 bits per heavy atom. The predicted octanol–water partition coefficient (Wildman–Crippen LogP) is 2.00. The highest BCUT2D eigenvalue weighted by molar-refractivity contribution is 5.89. The maximum Gasteiger partial charge on any atom is 0.270 e. The molecular weight excluding hydrogens is 326 g/mol. The van der Waals surface area contributed by atoms with Crippen molar-refractivity contribution in [2.75, 3.05) is 5.32 Å². The molecule has 0 radical (unpaired) electrons. The topological polar surface area (TPSA) is 132 Å². The third-order valence-electron chi connectivity index (χ3n) is 3.45. The van der Waals surface area contributed by atoms with Crippen LogP contribution in [0.5, 0.6) is 0 Å². The zero-order chi connectivity index (χ0) is 17.6. The minimum absolute atomic E-state index is 0.0426. The monoisotopic (exact) mass is 341 g/mol. The van der Waals surface area contributed by atoms with Crippen LogP contribution in [0.2, 0.25) is 0 Å². The maximum absolute atomic E-state index is 11.9. The van der Waals surface area contributed by atoms with Crippen molar-refractivity contribution in [3.63, 3.8) is 0 Å². The van der Waals surface area contributed by atoms with Gasteiger partial charge in [0, 0.05) is 43.1 Å². The molecule has 0 saturated heterocycles. The molecule has 1 aromatic carbocycles. The average molecular weight is 341 g/mol. The lowest BCUT2D eigenvalue weighted by atomic mass is 10.2. The van der Waals surface area contributed by atoms with Crippen molar-refractivity contribution in [3.8, 4) is 11.4 Å². The molecular formula is C15H15N7O3. The van der Waals surface area contributed by atoms with Crippen LogP contribution in [0.25, 0.3) is 11.4 Å². The molecule has 128 valence electrons. The molecule has 0 spiro atoms. The van der Waals surface area contributed by atoms with Gasteiger partial charge >= 0.3 is 0 Å². The zero-order valence-electron chi connectivity index (χ0n) is 13.1. The van der Waals surface area contributed by atoms with Gasteiger partial charge in [-0.25, -0.2) is 4.98 Å². The Kier molecular flexibility index (Phi) is 4.79. The number of rotatable bonds is 7. The summed E-state index contributed by atoms with van der Waals surface area (Å²) in [7, 11) is 0. The Morgan fingerprint density at radius 1 is 1.40 bits per heavy atom. The molecule has 2 heterocycles. The van der Waals surface area contributed by atoms with Gasteiger partial charge < -0.3 is 4.57 Å². The number of aromatic nitrogens is 5. The average Bonchev–Trinajstić information content (AvgIpc) is 3.27. The fourth-order valence-corrected chi connectivity index (χ4v) is 2.24. The molecule has 3 aromatic rings. The van der Waals surface area contributed by atoms with Crippen LogP contribution in [0.4, 0.5) is 11.6 Å². The Bertz CT molecular complexity index is 873. The first-order chi connectivity index (χ1) is 12.1. The number of amides is 1. The van der Waals surface area contributed by atoms with Gasteiger partial charge in [-0.05, 0) is 6.42 Å². The first kappa shape index (κ1) is 16.3. The Morgan fingerprint density at radius 2 is 2.28 bits per heavy atom. The standard InChI is InChI=1S/C15H15N7O3/c23-13(5-2-7-21-8-6-16-10-21)17-15-18-14(19-20-15)11-3-1-4-12(9-11)22(24)25/h1,3-4,6,8-10H,2,5,7H2,(H2,17,18,19,20,23). The molecule has 3 rings (SSSR count). The fourth-order valence-electron chi connectivity index (χ4n) is 2.24. The first-order valence-corrected chi connectivity index (χ1v) is 7.54. The molecule has 0 aliphatic heterocycles. The van der Waals surface area contributed by atoms with E-state index >= 15 is 0 Å². The third kappa shape index (κ3) is 4.25. The molecule has 0 unspecified atom stereocenters. The van der Waals surface area contributed by atoms with Crippen molar-refractivity contribution >= 4 is 17.5 Å². The number of aryl methyl sites for hydroxylation is 1. The summed E-state index contributed by atoms with van der Waals surface area (Å²) < 4.78 is 1.89. The molecule has 10 nitrogen and oxygen atoms in total. The van der Waals surface area contributed by atoms with E-state index in [-0.39, 0.29) is 17.5 Å². The number of imidazole rings is 1. The lowest BCUT2D eigenvalue weighted by molar-refractivity contribution is -0.384. The van der Waals surface area contributed by atoms with Crippen LogP contribution in [0.1, 0.15) is 12.8 Å². The summed E-state index contributed by atoms with van der Waals surface area (Å²) in [5.74, 6) is 0.274. The number of nitrogens with zero attached hydrogens (tertiary/aromatic N) is 5. The van der Waals surface area contributed by atoms with Gasteiger partial charge in [0.1, 0.15) is 0 Å². The summed E-state index contributed by atoms with van der Waals surface area (Å²) >= 11 is 0. The van der Waals surface area contributed by atoms with Crippen LogP contribution >= 0.6 is 0 Å². The number of aromatic amines is 1. The second-order valence-electron chi connectivity index (χ2n) is 5.27. The molecule has 0 fully saturated rings. The van der Waals surface area contributed by atoms with E-state index in [9.17, 15) is 14.9 Å². The van der Waals surface area contributed by atoms with Crippen LogP contribution in [-0.2, 0) is 11.3 Å². The lowest BCUT2D eigenvalue weighted by Crippen LogP contribution is -2.13. The SMILES string of the molecule is O=C(CCCn1ccnc1)Nc1n[nH]c(-c2cccc([N+](=O)[O-])c2)n1. The van der Waals surface area contributed by atoms with Gasteiger partial charge in [-0.15, -0.1) is 5.10 Å². The Hall–Kier alpha value is -3.56. The van der Waals surface area contributed by atoms with Crippen molar-refractivity contribution < 1.29 is 9.72 Å². The van der Waals surface area contributed by atoms with E-state index in [4.69, 9.17) is 0 Å². The van der Waals surface area contributed by atoms with E-state index in [1.165, 1.54) is 12.1 Å². The second kappa shape index (κ2) is 7.34. The lowest BCUT2D eigenvalue weighted by Gasteiger charge is -2.02. The van der Waals surface area contributed by atoms with Gasteiger partial charge in [0.15, 0.2) is 5.82 Å². The van der Waals surface area contributed by atoms with E-state index in [0.717, 1.165) is 0 Å². The molecule has 0 aliphatic carbocycles. The first-order valence-electron chi connectivity index (χ1n) is 7.54. The van der Waals surface area contributed by atoms with Crippen LogP contribution < -0.4 is 5.32 Å². The maximum atomic E-state index is 11.9. The quantitative estimate of drug-likeness (QED) is 0.499. The Balaban J connectivity index is 1.57. The van der Waals surface area contributed by atoms with E-state index in [2.05, 4.69) is 25.5 Å². The largest absolute Gasteiger partial charge is 0.337 e. The fraction of sp³-hybridized carbons (Fsp3) is 0.200. The van der Waals surface area contributed by atoms with Crippen molar-refractivity contribution in [2.45, 2.75) is 19.4 Å². The number of non-ortho nitro benzene ring substituents is 1. The molecule has 0 atom stereocenters. The van der Waals surface area contributed by atoms with Gasteiger partial charge in [0.25, 0.3) is 5.69 Å². The summed E-state index contributed by atoms with van der Waals surface area (Å²) in [4.78, 5) is 30.3. The van der Waals surface area contributed by atoms with Crippen LogP contribution in [0.3, 0.4) is 0 Å². The predicted molar refractivity (Wildman–Crippen MR) is 88.6 cm³/mol. The molecule has 2 aromatic heterocycles. The zero-order valence-corrected chi connectivity index (χ0v) is 13.1. The number of H-pyrrole nitrogens is 1. The normalized spacial score (nSPS) is 10.6. The number of nitro benzene ring substituents is 1. The van der Waals surface area contributed by atoms with Crippen molar-refractivity contribution in [2.24, 2.45) is 0 Å². The van der Waals surface area contributed by atoms with Crippen LogP contribution in [-0.4, -0.2) is 35.6 Å². The van der Waals surface area contributed by atoms with Crippen molar-refractivity contribution in [3.05, 3.63) is 53.1 Å². The van der Waals surface area contributed by atoms with E-state index in [1.807, 2.05) is 10.8 Å². The number of hydrogen-bond acceptors (Lipinski definition) is 6. The van der Waals surface area contributed by atoms with Crippen LogP contribution in [0, 0.1) is 10.1 Å². The molecule has 0 bridgehead atoms. The number of nitro groups is 1. The summed E-state index contributed by atoms with van der Waals surface area (Å²) in [6.45, 7) is 0.695. The molecule has 25 heavy (non-hydrogen) atoms. The highest BCUT2D eigenvalue weighted by Gasteiger charge is 2.12. The number of carbonyl (C=O) groups excluding carboxylic acids is 1. The number of benzene rings is 1. The second-order valence-corrected chi connectivity index (χ2v) is 5.27. The summed E-state index contributed by atoms with van der Waals surface area (Å²) in [6, 6.07) is 6.01. The van der Waals surface area contributed by atoms with E-state index in [1.54, 1.807) is 24.7 Å². The minimum Gasteiger partial charge on any atom is -0.337 e. The number of nitrogens with one attached hydrogen (secondary N) is 2. The third-order valence-corrected chi connectivity index (χ3v) is 3.45. The van der Waals surface area contributed by atoms with Gasteiger partial charge in [-0.3, -0.25) is 25.3 Å². The van der Waals surface area contributed by atoms with Gasteiger partial charge in [0.05, 0.1) is 11.3 Å². The highest BCUT2D eigenvalue weighted by Crippen LogP contribution is 2.21.